The van der Waals surface area contributed by atoms with E-state index >= 15 is 0 Å². The minimum absolute atomic E-state index is 0.103. The van der Waals surface area contributed by atoms with Crippen LogP contribution in [0.5, 0.6) is 0 Å². The Morgan fingerprint density at radius 3 is 2.94 bits per heavy atom. The molecule has 2 aliphatic carbocycles. The Kier molecular flexibility index (Phi) is 3.23. The second-order valence-electron chi connectivity index (χ2n) is 5.86. The van der Waals surface area contributed by atoms with Gasteiger partial charge in [-0.1, -0.05) is 6.42 Å². The van der Waals surface area contributed by atoms with Gasteiger partial charge in [-0.2, -0.15) is 0 Å². The average Bonchev–Trinajstić information content (AvgIpc) is 3.01. The summed E-state index contributed by atoms with van der Waals surface area (Å²) in [5, 5.41) is 6.37. The molecular formula is C13H23N3O. The highest BCUT2D eigenvalue weighted by Gasteiger charge is 2.38. The van der Waals surface area contributed by atoms with E-state index in [1.807, 2.05) is 4.90 Å². The van der Waals surface area contributed by atoms with Crippen LogP contribution in [0.4, 0.5) is 4.79 Å². The van der Waals surface area contributed by atoms with Crippen LogP contribution in [0.2, 0.25) is 0 Å². The third-order valence-electron chi connectivity index (χ3n) is 4.79. The fourth-order valence-electron chi connectivity index (χ4n) is 3.85. The molecule has 0 aromatic heterocycles. The van der Waals surface area contributed by atoms with Gasteiger partial charge in [0.2, 0.25) is 0 Å². The van der Waals surface area contributed by atoms with Gasteiger partial charge in [0.25, 0.3) is 0 Å². The first-order valence-corrected chi connectivity index (χ1v) is 7.06. The van der Waals surface area contributed by atoms with Crippen molar-refractivity contribution in [2.45, 2.75) is 25.7 Å². The first kappa shape index (κ1) is 11.3. The maximum Gasteiger partial charge on any atom is 0.317 e. The number of nitrogens with one attached hydrogen (secondary N) is 2. The van der Waals surface area contributed by atoms with Gasteiger partial charge in [-0.3, -0.25) is 0 Å². The molecule has 17 heavy (non-hydrogen) atoms. The quantitative estimate of drug-likeness (QED) is 0.702. The second kappa shape index (κ2) is 4.84. The van der Waals surface area contributed by atoms with E-state index < -0.39 is 0 Å². The summed E-state index contributed by atoms with van der Waals surface area (Å²) in [4.78, 5) is 13.2. The zero-order chi connectivity index (χ0) is 11.7. The summed E-state index contributed by atoms with van der Waals surface area (Å²) in [5.41, 5.74) is 0. The highest BCUT2D eigenvalue weighted by Crippen LogP contribution is 2.47. The molecule has 3 atom stereocenters. The van der Waals surface area contributed by atoms with Crippen LogP contribution in [0.1, 0.15) is 25.7 Å². The van der Waals surface area contributed by atoms with Crippen LogP contribution in [0.15, 0.2) is 0 Å². The summed E-state index contributed by atoms with van der Waals surface area (Å²) in [6, 6.07) is 0.103. The third-order valence-corrected chi connectivity index (χ3v) is 4.79. The van der Waals surface area contributed by atoms with Crippen molar-refractivity contribution in [3.63, 3.8) is 0 Å². The topological polar surface area (TPSA) is 44.4 Å². The number of amides is 2. The highest BCUT2D eigenvalue weighted by molar-refractivity contribution is 5.76. The molecule has 1 aliphatic heterocycles. The van der Waals surface area contributed by atoms with E-state index in [2.05, 4.69) is 10.6 Å². The molecule has 3 rings (SSSR count). The van der Waals surface area contributed by atoms with Gasteiger partial charge in [0, 0.05) is 26.2 Å². The SMILES string of the molecule is O=C1NCCN1CCNCC1CC2CCC1C2. The van der Waals surface area contributed by atoms with Crippen LogP contribution in [-0.2, 0) is 0 Å². The van der Waals surface area contributed by atoms with Gasteiger partial charge < -0.3 is 15.5 Å². The van der Waals surface area contributed by atoms with Crippen molar-refractivity contribution < 1.29 is 4.79 Å². The average molecular weight is 237 g/mol. The van der Waals surface area contributed by atoms with Crippen molar-refractivity contribution in [2.24, 2.45) is 17.8 Å². The van der Waals surface area contributed by atoms with Crippen LogP contribution >= 0.6 is 0 Å². The predicted molar refractivity (Wildman–Crippen MR) is 66.8 cm³/mol. The summed E-state index contributed by atoms with van der Waals surface area (Å²) in [6.45, 7) is 4.64. The van der Waals surface area contributed by atoms with Crippen molar-refractivity contribution in [2.75, 3.05) is 32.7 Å². The van der Waals surface area contributed by atoms with Gasteiger partial charge in [-0.15, -0.1) is 0 Å². The van der Waals surface area contributed by atoms with Crippen LogP contribution < -0.4 is 10.6 Å². The molecule has 1 heterocycles. The number of fused-ring (bicyclic) bond motifs is 2. The van der Waals surface area contributed by atoms with Crippen molar-refractivity contribution in [1.82, 2.24) is 15.5 Å². The highest BCUT2D eigenvalue weighted by atomic mass is 16.2. The Labute approximate surface area is 103 Å². The zero-order valence-electron chi connectivity index (χ0n) is 10.5. The molecule has 1 saturated heterocycles. The maximum absolute atomic E-state index is 11.3. The number of hydrogen-bond donors (Lipinski definition) is 2. The van der Waals surface area contributed by atoms with E-state index in [-0.39, 0.29) is 6.03 Å². The van der Waals surface area contributed by atoms with E-state index in [9.17, 15) is 4.79 Å². The van der Waals surface area contributed by atoms with Gasteiger partial charge in [0.15, 0.2) is 0 Å². The van der Waals surface area contributed by atoms with Crippen LogP contribution in [0, 0.1) is 17.8 Å². The van der Waals surface area contributed by atoms with Gasteiger partial charge >= 0.3 is 6.03 Å². The molecule has 3 fully saturated rings. The van der Waals surface area contributed by atoms with E-state index in [0.29, 0.717) is 0 Å². The normalized spacial score (nSPS) is 35.6. The second-order valence-corrected chi connectivity index (χ2v) is 5.86. The molecule has 0 aromatic rings. The lowest BCUT2D eigenvalue weighted by Crippen LogP contribution is -2.36. The van der Waals surface area contributed by atoms with Gasteiger partial charge in [0.05, 0.1) is 0 Å². The van der Waals surface area contributed by atoms with E-state index in [1.54, 1.807) is 0 Å². The molecule has 3 unspecified atom stereocenters. The van der Waals surface area contributed by atoms with Crippen LogP contribution in [0.3, 0.4) is 0 Å². The molecule has 2 N–H and O–H groups in total. The predicted octanol–water partition coefficient (Wildman–Crippen LogP) is 1.04. The molecule has 2 saturated carbocycles. The van der Waals surface area contributed by atoms with Crippen molar-refractivity contribution in [3.8, 4) is 0 Å². The Bertz CT molecular complexity index is 294. The smallest absolute Gasteiger partial charge is 0.317 e. The monoisotopic (exact) mass is 237 g/mol. The molecule has 4 heteroatoms. The van der Waals surface area contributed by atoms with E-state index in [1.165, 1.54) is 25.7 Å². The Morgan fingerprint density at radius 1 is 1.35 bits per heavy atom. The van der Waals surface area contributed by atoms with E-state index in [0.717, 1.165) is 50.5 Å². The van der Waals surface area contributed by atoms with Crippen molar-refractivity contribution >= 4 is 6.03 Å². The molecule has 96 valence electrons. The minimum Gasteiger partial charge on any atom is -0.336 e. The largest absolute Gasteiger partial charge is 0.336 e. The van der Waals surface area contributed by atoms with Gasteiger partial charge in [-0.05, 0) is 43.6 Å². The number of carbonyl (C=O) groups is 1. The number of urea groups is 1. The fourth-order valence-corrected chi connectivity index (χ4v) is 3.85. The molecule has 4 nitrogen and oxygen atoms in total. The fraction of sp³-hybridized carbons (Fsp3) is 0.923. The Balaban J connectivity index is 1.32. The number of nitrogens with zero attached hydrogens (tertiary/aromatic N) is 1. The molecule has 2 bridgehead atoms. The molecule has 0 aromatic carbocycles. The lowest BCUT2D eigenvalue weighted by Gasteiger charge is -2.22. The Hall–Kier alpha value is -0.770. The van der Waals surface area contributed by atoms with Crippen LogP contribution in [0.25, 0.3) is 0 Å². The summed E-state index contributed by atoms with van der Waals surface area (Å²) in [5.74, 6) is 2.96. The minimum atomic E-state index is 0.103. The number of rotatable bonds is 5. The molecule has 3 aliphatic rings. The van der Waals surface area contributed by atoms with E-state index in [4.69, 9.17) is 0 Å². The number of hydrogen-bond acceptors (Lipinski definition) is 2. The van der Waals surface area contributed by atoms with Crippen molar-refractivity contribution in [3.05, 3.63) is 0 Å². The molecule has 0 spiro atoms. The third kappa shape index (κ3) is 2.41. The Morgan fingerprint density at radius 2 is 2.29 bits per heavy atom. The lowest BCUT2D eigenvalue weighted by atomic mass is 9.89. The van der Waals surface area contributed by atoms with Crippen LogP contribution in [-0.4, -0.2) is 43.7 Å². The summed E-state index contributed by atoms with van der Waals surface area (Å²) in [6.07, 6.45) is 5.88. The standard InChI is InChI=1S/C13H23N3O/c17-13-15-4-6-16(13)5-3-14-9-12-8-10-1-2-11(12)7-10/h10-12,14H,1-9H2,(H,15,17). The summed E-state index contributed by atoms with van der Waals surface area (Å²) in [7, 11) is 0. The maximum atomic E-state index is 11.3. The lowest BCUT2D eigenvalue weighted by molar-refractivity contribution is 0.216. The first-order valence-electron chi connectivity index (χ1n) is 7.06. The van der Waals surface area contributed by atoms with Gasteiger partial charge in [0.1, 0.15) is 0 Å². The summed E-state index contributed by atoms with van der Waals surface area (Å²) >= 11 is 0. The van der Waals surface area contributed by atoms with Crippen molar-refractivity contribution in [1.29, 1.82) is 0 Å². The molecule has 0 radical (unpaired) electrons. The van der Waals surface area contributed by atoms with Gasteiger partial charge in [-0.25, -0.2) is 4.79 Å². The number of carbonyl (C=O) groups excluding carboxylic acids is 1. The molecule has 2 amide bonds. The first-order chi connectivity index (χ1) is 8.33. The molecular weight excluding hydrogens is 214 g/mol. The zero-order valence-corrected chi connectivity index (χ0v) is 10.5. The summed E-state index contributed by atoms with van der Waals surface area (Å²) < 4.78 is 0.